The lowest BCUT2D eigenvalue weighted by atomic mass is 9.95. The van der Waals surface area contributed by atoms with Gasteiger partial charge in [0.15, 0.2) is 0 Å². The first kappa shape index (κ1) is 16.5. The second kappa shape index (κ2) is 5.71. The van der Waals surface area contributed by atoms with Crippen LogP contribution in [0, 0.1) is 34.6 Å². The van der Waals surface area contributed by atoms with Crippen molar-refractivity contribution in [2.45, 2.75) is 52.5 Å². The minimum absolute atomic E-state index is 0.196. The maximum atomic E-state index is 13.1. The van der Waals surface area contributed by atoms with Gasteiger partial charge in [0.2, 0.25) is 10.0 Å². The van der Waals surface area contributed by atoms with E-state index < -0.39 is 10.0 Å². The number of sulfonamides is 1. The zero-order chi connectivity index (χ0) is 15.9. The summed E-state index contributed by atoms with van der Waals surface area (Å²) in [5.74, 6) is 0. The van der Waals surface area contributed by atoms with Gasteiger partial charge in [-0.3, -0.25) is 0 Å². The highest BCUT2D eigenvalue weighted by Gasteiger charge is 2.32. The fourth-order valence-corrected chi connectivity index (χ4v) is 5.19. The highest BCUT2D eigenvalue weighted by Crippen LogP contribution is 2.31. The Labute approximate surface area is 128 Å². The van der Waals surface area contributed by atoms with Gasteiger partial charge >= 0.3 is 0 Å². The van der Waals surface area contributed by atoms with Crippen LogP contribution in [0.2, 0.25) is 0 Å². The predicted molar refractivity (Wildman–Crippen MR) is 86.4 cm³/mol. The highest BCUT2D eigenvalue weighted by molar-refractivity contribution is 7.89. The minimum atomic E-state index is -3.42. The van der Waals surface area contributed by atoms with Crippen LogP contribution in [0.1, 0.15) is 34.7 Å². The molecule has 4 nitrogen and oxygen atoms in total. The number of hydrogen-bond donors (Lipinski definition) is 1. The molecule has 5 heteroatoms. The molecule has 0 spiro atoms. The molecule has 1 aliphatic heterocycles. The average molecular weight is 310 g/mol. The van der Waals surface area contributed by atoms with Crippen molar-refractivity contribution in [3.63, 3.8) is 0 Å². The largest absolute Gasteiger partial charge is 0.312 e. The summed E-state index contributed by atoms with van der Waals surface area (Å²) in [6.07, 6.45) is 0. The van der Waals surface area contributed by atoms with Crippen molar-refractivity contribution in [1.29, 1.82) is 0 Å². The molecule has 1 N–H and O–H groups in total. The highest BCUT2D eigenvalue weighted by atomic mass is 32.2. The summed E-state index contributed by atoms with van der Waals surface area (Å²) in [7, 11) is -3.42. The van der Waals surface area contributed by atoms with Crippen LogP contribution < -0.4 is 5.32 Å². The normalized spacial score (nSPS) is 20.8. The van der Waals surface area contributed by atoms with Crippen molar-refractivity contribution >= 4 is 10.0 Å². The summed E-state index contributed by atoms with van der Waals surface area (Å²) < 4.78 is 27.8. The lowest BCUT2D eigenvalue weighted by Crippen LogP contribution is -2.51. The molecule has 1 heterocycles. The Kier molecular flexibility index (Phi) is 4.47. The number of rotatable bonds is 2. The van der Waals surface area contributed by atoms with Crippen molar-refractivity contribution in [3.05, 3.63) is 27.8 Å². The van der Waals surface area contributed by atoms with Crippen LogP contribution in [0.15, 0.2) is 4.90 Å². The molecule has 1 saturated heterocycles. The molecule has 0 amide bonds. The standard InChI is InChI=1S/C16H26N2O2S/c1-10-9-18(8-7-17-10)21(19,20)16-14(5)12(3)11(2)13(4)15(16)6/h10,17H,7-9H2,1-6H3/t10-/m0/s1. The van der Waals surface area contributed by atoms with Crippen molar-refractivity contribution in [3.8, 4) is 0 Å². The molecule has 1 aromatic carbocycles. The Morgan fingerprint density at radius 1 is 0.952 bits per heavy atom. The van der Waals surface area contributed by atoms with Gasteiger partial charge in [-0.2, -0.15) is 4.31 Å². The van der Waals surface area contributed by atoms with Crippen molar-refractivity contribution in [2.75, 3.05) is 19.6 Å². The molecule has 0 saturated carbocycles. The van der Waals surface area contributed by atoms with E-state index >= 15 is 0 Å². The van der Waals surface area contributed by atoms with Gasteiger partial charge in [-0.15, -0.1) is 0 Å². The van der Waals surface area contributed by atoms with Crippen molar-refractivity contribution < 1.29 is 8.42 Å². The van der Waals surface area contributed by atoms with E-state index in [2.05, 4.69) is 12.2 Å². The molecular weight excluding hydrogens is 284 g/mol. The maximum Gasteiger partial charge on any atom is 0.243 e. The van der Waals surface area contributed by atoms with E-state index in [1.165, 1.54) is 5.56 Å². The van der Waals surface area contributed by atoms with Crippen LogP contribution >= 0.6 is 0 Å². The van der Waals surface area contributed by atoms with Crippen molar-refractivity contribution in [2.24, 2.45) is 0 Å². The lowest BCUT2D eigenvalue weighted by molar-refractivity contribution is 0.310. The van der Waals surface area contributed by atoms with Gasteiger partial charge < -0.3 is 5.32 Å². The number of nitrogens with zero attached hydrogens (tertiary/aromatic N) is 1. The first-order valence-corrected chi connectivity index (χ1v) is 8.92. The summed E-state index contributed by atoms with van der Waals surface area (Å²) >= 11 is 0. The van der Waals surface area contributed by atoms with Crippen LogP contribution in [-0.4, -0.2) is 38.4 Å². The van der Waals surface area contributed by atoms with E-state index in [9.17, 15) is 8.42 Å². The van der Waals surface area contributed by atoms with E-state index in [-0.39, 0.29) is 6.04 Å². The fraction of sp³-hybridized carbons (Fsp3) is 0.625. The quantitative estimate of drug-likeness (QED) is 0.911. The summed E-state index contributed by atoms with van der Waals surface area (Å²) in [5, 5.41) is 3.29. The van der Waals surface area contributed by atoms with Gasteiger partial charge in [0, 0.05) is 25.7 Å². The topological polar surface area (TPSA) is 49.4 Å². The first-order chi connectivity index (χ1) is 9.67. The average Bonchev–Trinajstić information content (AvgIpc) is 2.43. The number of hydrogen-bond acceptors (Lipinski definition) is 3. The van der Waals surface area contributed by atoms with E-state index in [1.54, 1.807) is 4.31 Å². The van der Waals surface area contributed by atoms with Crippen LogP contribution in [-0.2, 0) is 10.0 Å². The van der Waals surface area contributed by atoms with Gasteiger partial charge in [-0.05, 0) is 69.4 Å². The number of nitrogens with one attached hydrogen (secondary N) is 1. The minimum Gasteiger partial charge on any atom is -0.312 e. The second-order valence-electron chi connectivity index (χ2n) is 6.17. The smallest absolute Gasteiger partial charge is 0.243 e. The Hall–Kier alpha value is -0.910. The molecule has 0 aromatic heterocycles. The number of benzene rings is 1. The van der Waals surface area contributed by atoms with E-state index in [4.69, 9.17) is 0 Å². The second-order valence-corrected chi connectivity index (χ2v) is 8.05. The molecule has 0 radical (unpaired) electrons. The summed E-state index contributed by atoms with van der Waals surface area (Å²) in [6, 6.07) is 0.196. The fourth-order valence-electron chi connectivity index (χ4n) is 3.10. The van der Waals surface area contributed by atoms with Crippen LogP contribution in [0.4, 0.5) is 0 Å². The van der Waals surface area contributed by atoms with Gasteiger partial charge in [-0.25, -0.2) is 8.42 Å². The summed E-state index contributed by atoms with van der Waals surface area (Å²) in [4.78, 5) is 0.511. The first-order valence-electron chi connectivity index (χ1n) is 7.48. The van der Waals surface area contributed by atoms with Crippen LogP contribution in [0.5, 0.6) is 0 Å². The van der Waals surface area contributed by atoms with Crippen LogP contribution in [0.3, 0.4) is 0 Å². The van der Waals surface area contributed by atoms with Crippen molar-refractivity contribution in [1.82, 2.24) is 9.62 Å². The van der Waals surface area contributed by atoms with Gasteiger partial charge in [0.1, 0.15) is 0 Å². The Morgan fingerprint density at radius 2 is 1.43 bits per heavy atom. The molecule has 1 atom stereocenters. The molecule has 0 bridgehead atoms. The molecule has 1 fully saturated rings. The predicted octanol–water partition coefficient (Wildman–Crippen LogP) is 2.21. The summed E-state index contributed by atoms with van der Waals surface area (Å²) in [6.45, 7) is 13.7. The maximum absolute atomic E-state index is 13.1. The molecular formula is C16H26N2O2S. The monoisotopic (exact) mass is 310 g/mol. The Morgan fingerprint density at radius 3 is 1.90 bits per heavy atom. The summed E-state index contributed by atoms with van der Waals surface area (Å²) in [5.41, 5.74) is 5.14. The Bertz CT molecular complexity index is 636. The van der Waals surface area contributed by atoms with Crippen LogP contribution in [0.25, 0.3) is 0 Å². The molecule has 0 unspecified atom stereocenters. The van der Waals surface area contributed by atoms with Gasteiger partial charge in [-0.1, -0.05) is 0 Å². The molecule has 0 aliphatic carbocycles. The molecule has 1 aliphatic rings. The van der Waals surface area contributed by atoms with E-state index in [0.717, 1.165) is 22.3 Å². The third-order valence-electron chi connectivity index (χ3n) is 4.86. The zero-order valence-electron chi connectivity index (χ0n) is 13.9. The molecule has 118 valence electrons. The SMILES string of the molecule is Cc1c(C)c(C)c(S(=O)(=O)N2CCN[C@@H](C)C2)c(C)c1C. The molecule has 1 aromatic rings. The zero-order valence-corrected chi connectivity index (χ0v) is 14.7. The Balaban J connectivity index is 2.60. The third kappa shape index (κ3) is 2.74. The van der Waals surface area contributed by atoms with E-state index in [1.807, 2.05) is 34.6 Å². The molecule has 2 rings (SSSR count). The molecule has 21 heavy (non-hydrogen) atoms. The van der Waals surface area contributed by atoms with Gasteiger partial charge in [0.25, 0.3) is 0 Å². The third-order valence-corrected chi connectivity index (χ3v) is 7.00. The number of piperazine rings is 1. The van der Waals surface area contributed by atoms with Gasteiger partial charge in [0.05, 0.1) is 4.90 Å². The van der Waals surface area contributed by atoms with E-state index in [0.29, 0.717) is 24.5 Å². The lowest BCUT2D eigenvalue weighted by Gasteiger charge is -2.32.